The van der Waals surface area contributed by atoms with Crippen LogP contribution in [0.5, 0.6) is 5.75 Å². The number of thioether (sulfide) groups is 1. The van der Waals surface area contributed by atoms with Crippen molar-refractivity contribution in [3.05, 3.63) is 76.0 Å². The lowest BCUT2D eigenvalue weighted by atomic mass is 10.2. The number of aryl methyl sites for hydroxylation is 1. The van der Waals surface area contributed by atoms with Gasteiger partial charge in [0.25, 0.3) is 0 Å². The van der Waals surface area contributed by atoms with Crippen LogP contribution in [0.2, 0.25) is 5.02 Å². The second-order valence-electron chi connectivity index (χ2n) is 6.73. The van der Waals surface area contributed by atoms with Gasteiger partial charge < -0.3 is 10.1 Å². The molecule has 1 amide bonds. The van der Waals surface area contributed by atoms with E-state index in [1.807, 2.05) is 48.7 Å². The van der Waals surface area contributed by atoms with Crippen molar-refractivity contribution in [1.29, 1.82) is 0 Å². The molecule has 1 aromatic heterocycles. The fourth-order valence-electron chi connectivity index (χ4n) is 2.84. The predicted octanol–water partition coefficient (Wildman–Crippen LogP) is 6.06. The van der Waals surface area contributed by atoms with Crippen LogP contribution in [0.4, 0.5) is 5.69 Å². The van der Waals surface area contributed by atoms with Crippen LogP contribution in [0.1, 0.15) is 24.4 Å². The first-order chi connectivity index (χ1) is 14.9. The molecule has 0 bridgehead atoms. The molecule has 162 valence electrons. The quantitative estimate of drug-likeness (QED) is 0.274. The smallest absolute Gasteiger partial charge is 0.234 e. The summed E-state index contributed by atoms with van der Waals surface area (Å²) in [6.07, 6.45) is 1.37. The van der Waals surface area contributed by atoms with Crippen molar-refractivity contribution in [2.45, 2.75) is 31.7 Å². The number of benzene rings is 2. The van der Waals surface area contributed by atoms with Gasteiger partial charge in [-0.15, -0.1) is 16.8 Å². The molecule has 0 aliphatic carbocycles. The molecule has 1 unspecified atom stereocenters. The molecule has 3 aromatic rings. The minimum atomic E-state index is -0.388. The Kier molecular flexibility index (Phi) is 8.17. The molecule has 0 radical (unpaired) electrons. The number of nitrogens with one attached hydrogen (secondary N) is 1. The average Bonchev–Trinajstić information content (AvgIpc) is 3.14. The minimum absolute atomic E-state index is 0.123. The summed E-state index contributed by atoms with van der Waals surface area (Å²) in [7, 11) is 0. The van der Waals surface area contributed by atoms with E-state index in [0.29, 0.717) is 28.3 Å². The van der Waals surface area contributed by atoms with Gasteiger partial charge in [0.05, 0.1) is 10.8 Å². The van der Waals surface area contributed by atoms with E-state index in [1.165, 1.54) is 11.8 Å². The van der Waals surface area contributed by atoms with E-state index in [4.69, 9.17) is 16.3 Å². The average molecular weight is 522 g/mol. The Hall–Kier alpha value is -2.29. The van der Waals surface area contributed by atoms with Crippen molar-refractivity contribution in [3.8, 4) is 5.75 Å². The molecule has 0 saturated heterocycles. The van der Waals surface area contributed by atoms with E-state index in [1.54, 1.807) is 18.2 Å². The third kappa shape index (κ3) is 6.12. The molecule has 9 heteroatoms. The number of halogens is 2. The first-order valence-electron chi connectivity index (χ1n) is 9.53. The van der Waals surface area contributed by atoms with Crippen molar-refractivity contribution in [2.24, 2.45) is 0 Å². The third-order valence-corrected chi connectivity index (χ3v) is 6.50. The molecule has 0 aliphatic heterocycles. The van der Waals surface area contributed by atoms with Crippen molar-refractivity contribution < 1.29 is 9.53 Å². The van der Waals surface area contributed by atoms with Gasteiger partial charge in [0.1, 0.15) is 5.75 Å². The second-order valence-corrected chi connectivity index (χ2v) is 8.94. The van der Waals surface area contributed by atoms with Crippen molar-refractivity contribution in [2.75, 3.05) is 11.1 Å². The molecular formula is C22H22BrClN4O2S. The summed E-state index contributed by atoms with van der Waals surface area (Å²) in [4.78, 5) is 12.4. The maximum absolute atomic E-state index is 12.4. The molecule has 0 aliphatic rings. The Bertz CT molecular complexity index is 1090. The molecule has 2 aromatic carbocycles. The minimum Gasteiger partial charge on any atom is -0.481 e. The molecule has 3 rings (SSSR count). The standard InChI is InChI=1S/C22H22BrClN4O2S/c1-4-11-28-21(15(3)30-19-8-6-5-7-18(19)24)26-27-22(28)31-13-20(29)25-16-9-10-17(23)14(2)12-16/h4-10,12,15H,1,11,13H2,2-3H3,(H,25,29). The van der Waals surface area contributed by atoms with Crippen LogP contribution in [-0.4, -0.2) is 26.4 Å². The number of allylic oxidation sites excluding steroid dienone is 1. The number of aromatic nitrogens is 3. The molecule has 1 N–H and O–H groups in total. The zero-order valence-corrected chi connectivity index (χ0v) is 20.3. The van der Waals surface area contributed by atoms with Crippen molar-refractivity contribution >= 4 is 50.9 Å². The van der Waals surface area contributed by atoms with Crippen LogP contribution < -0.4 is 10.1 Å². The highest BCUT2D eigenvalue weighted by Gasteiger charge is 2.20. The number of hydrogen-bond acceptors (Lipinski definition) is 5. The van der Waals surface area contributed by atoms with Gasteiger partial charge in [-0.2, -0.15) is 0 Å². The number of rotatable bonds is 9. The van der Waals surface area contributed by atoms with Crippen LogP contribution >= 0.6 is 39.3 Å². The molecule has 0 fully saturated rings. The van der Waals surface area contributed by atoms with Crippen LogP contribution in [0.3, 0.4) is 0 Å². The molecule has 1 atom stereocenters. The Morgan fingerprint density at radius 2 is 2.13 bits per heavy atom. The van der Waals surface area contributed by atoms with Crippen LogP contribution in [0.25, 0.3) is 0 Å². The molecular weight excluding hydrogens is 500 g/mol. The largest absolute Gasteiger partial charge is 0.481 e. The summed E-state index contributed by atoms with van der Waals surface area (Å²) in [6, 6.07) is 12.9. The van der Waals surface area contributed by atoms with Gasteiger partial charge in [-0.05, 0) is 49.7 Å². The zero-order chi connectivity index (χ0) is 22.4. The van der Waals surface area contributed by atoms with E-state index < -0.39 is 0 Å². The maximum atomic E-state index is 12.4. The van der Waals surface area contributed by atoms with E-state index in [9.17, 15) is 4.79 Å². The van der Waals surface area contributed by atoms with E-state index in [0.717, 1.165) is 15.7 Å². The lowest BCUT2D eigenvalue weighted by Crippen LogP contribution is -2.15. The monoisotopic (exact) mass is 520 g/mol. The van der Waals surface area contributed by atoms with E-state index in [-0.39, 0.29) is 17.8 Å². The number of carbonyl (C=O) groups excluding carboxylic acids is 1. The summed E-state index contributed by atoms with van der Waals surface area (Å²) in [5, 5.41) is 12.6. The number of anilines is 1. The fourth-order valence-corrected chi connectivity index (χ4v) is 4.02. The van der Waals surface area contributed by atoms with Gasteiger partial charge in [0.2, 0.25) is 5.91 Å². The molecule has 0 spiro atoms. The fraction of sp³-hybridized carbons (Fsp3) is 0.227. The van der Waals surface area contributed by atoms with Gasteiger partial charge in [0, 0.05) is 16.7 Å². The van der Waals surface area contributed by atoms with Crippen molar-refractivity contribution in [1.82, 2.24) is 14.8 Å². The summed E-state index contributed by atoms with van der Waals surface area (Å²) in [6.45, 7) is 8.16. The SMILES string of the molecule is C=CCn1c(SCC(=O)Nc2ccc(Br)c(C)c2)nnc1C(C)Oc1ccccc1Cl. The summed E-state index contributed by atoms with van der Waals surface area (Å²) < 4.78 is 8.86. The molecule has 0 saturated carbocycles. The second kappa shape index (κ2) is 10.8. The van der Waals surface area contributed by atoms with Gasteiger partial charge in [-0.25, -0.2) is 0 Å². The number of ether oxygens (including phenoxy) is 1. The van der Waals surface area contributed by atoms with Crippen molar-refractivity contribution in [3.63, 3.8) is 0 Å². The third-order valence-electron chi connectivity index (χ3n) is 4.34. The Labute approximate surface area is 199 Å². The van der Waals surface area contributed by atoms with Crippen LogP contribution in [-0.2, 0) is 11.3 Å². The summed E-state index contributed by atoms with van der Waals surface area (Å²) in [5.74, 6) is 1.28. The van der Waals surface area contributed by atoms with Gasteiger partial charge >= 0.3 is 0 Å². The van der Waals surface area contributed by atoms with E-state index in [2.05, 4.69) is 38.0 Å². The highest BCUT2D eigenvalue weighted by atomic mass is 79.9. The number of nitrogens with zero attached hydrogens (tertiary/aromatic N) is 3. The Balaban J connectivity index is 1.68. The zero-order valence-electron chi connectivity index (χ0n) is 17.1. The number of carbonyl (C=O) groups is 1. The lowest BCUT2D eigenvalue weighted by Gasteiger charge is -2.16. The normalized spacial score (nSPS) is 11.7. The highest BCUT2D eigenvalue weighted by molar-refractivity contribution is 9.10. The topological polar surface area (TPSA) is 69.0 Å². The van der Waals surface area contributed by atoms with Gasteiger partial charge in [-0.3, -0.25) is 9.36 Å². The summed E-state index contributed by atoms with van der Waals surface area (Å²) in [5.41, 5.74) is 1.80. The molecule has 1 heterocycles. The number of amides is 1. The first kappa shape index (κ1) is 23.4. The highest BCUT2D eigenvalue weighted by Crippen LogP contribution is 2.29. The first-order valence-corrected chi connectivity index (χ1v) is 11.7. The number of hydrogen-bond donors (Lipinski definition) is 1. The maximum Gasteiger partial charge on any atom is 0.234 e. The van der Waals surface area contributed by atoms with Crippen LogP contribution in [0, 0.1) is 6.92 Å². The molecule has 6 nitrogen and oxygen atoms in total. The molecule has 31 heavy (non-hydrogen) atoms. The van der Waals surface area contributed by atoms with Gasteiger partial charge in [-0.1, -0.05) is 57.5 Å². The Morgan fingerprint density at radius 3 is 2.84 bits per heavy atom. The van der Waals surface area contributed by atoms with Crippen LogP contribution in [0.15, 0.2) is 64.7 Å². The summed E-state index contributed by atoms with van der Waals surface area (Å²) >= 11 is 11.0. The van der Waals surface area contributed by atoms with Gasteiger partial charge in [0.15, 0.2) is 17.1 Å². The van der Waals surface area contributed by atoms with E-state index >= 15 is 0 Å². The lowest BCUT2D eigenvalue weighted by molar-refractivity contribution is -0.113. The predicted molar refractivity (Wildman–Crippen MR) is 129 cm³/mol. The Morgan fingerprint density at radius 1 is 1.35 bits per heavy atom. The number of para-hydroxylation sites is 1.